The number of aryl methyl sites for hydroxylation is 1. The molecule has 0 fully saturated rings. The third-order valence-electron chi connectivity index (χ3n) is 7.15. The lowest BCUT2D eigenvalue weighted by molar-refractivity contribution is 0.643. The van der Waals surface area contributed by atoms with E-state index in [1.54, 1.807) is 0 Å². The van der Waals surface area contributed by atoms with E-state index in [1.807, 2.05) is 18.2 Å². The van der Waals surface area contributed by atoms with Crippen molar-refractivity contribution < 1.29 is 0 Å². The Hall–Kier alpha value is -4.25. The average molecular weight is 456 g/mol. The van der Waals surface area contributed by atoms with Crippen molar-refractivity contribution in [2.75, 3.05) is 0 Å². The first-order valence-electron chi connectivity index (χ1n) is 12.2. The maximum absolute atomic E-state index is 5.11. The van der Waals surface area contributed by atoms with E-state index in [0.29, 0.717) is 11.8 Å². The van der Waals surface area contributed by atoms with Crippen LogP contribution in [0.15, 0.2) is 91.2 Å². The summed E-state index contributed by atoms with van der Waals surface area (Å²) in [7, 11) is 0. The first-order valence-corrected chi connectivity index (χ1v) is 12.2. The van der Waals surface area contributed by atoms with Crippen LogP contribution < -0.4 is 5.32 Å². The number of nitrogens with one attached hydrogen (secondary N) is 1. The fourth-order valence-corrected chi connectivity index (χ4v) is 5.43. The average Bonchev–Trinajstić information content (AvgIpc) is 3.52. The third-order valence-corrected chi connectivity index (χ3v) is 7.15. The maximum atomic E-state index is 5.11. The molecular weight excluding hydrogens is 430 g/mol. The molecule has 0 saturated carbocycles. The summed E-state index contributed by atoms with van der Waals surface area (Å²) in [6, 6.07) is 17.1. The molecule has 0 spiro atoms. The number of fused-ring (bicyclic) bond motifs is 5. The van der Waals surface area contributed by atoms with E-state index in [-0.39, 0.29) is 17.9 Å². The zero-order chi connectivity index (χ0) is 23.4. The van der Waals surface area contributed by atoms with Gasteiger partial charge in [-0.1, -0.05) is 84.5 Å². The van der Waals surface area contributed by atoms with Gasteiger partial charge in [0.1, 0.15) is 5.82 Å². The van der Waals surface area contributed by atoms with Gasteiger partial charge in [0.2, 0.25) is 5.95 Å². The minimum absolute atomic E-state index is 0.129. The van der Waals surface area contributed by atoms with Crippen molar-refractivity contribution in [2.24, 2.45) is 0 Å². The standard InChI is InChI=1S/C30H25N5/c1-19-12-15-26-24(18-19)22-13-14-25-23(16-17-31-25)27(22)35(26)30-33-28(20-8-4-2-5-9-20)32-29(34-30)21-10-6-3-7-11-21/h2-10,12-18,21,23,25,31H,11H2,1H3. The second-order valence-corrected chi connectivity index (χ2v) is 9.43. The van der Waals surface area contributed by atoms with Gasteiger partial charge in [0, 0.05) is 34.0 Å². The van der Waals surface area contributed by atoms with Crippen LogP contribution in [0.4, 0.5) is 0 Å². The lowest BCUT2D eigenvalue weighted by Crippen LogP contribution is -2.27. The molecule has 2 aromatic carbocycles. The SMILES string of the molecule is Cc1ccc2c(c1)c1c(n2-c2nc(-c3ccccc3)nc(C3C=CC=CC3)n2)C2C=CNC2C=C1. The van der Waals surface area contributed by atoms with Crippen molar-refractivity contribution in [3.63, 3.8) is 0 Å². The van der Waals surface area contributed by atoms with Gasteiger partial charge in [-0.25, -0.2) is 4.98 Å². The maximum Gasteiger partial charge on any atom is 0.238 e. The van der Waals surface area contributed by atoms with E-state index in [2.05, 4.69) is 95.9 Å². The summed E-state index contributed by atoms with van der Waals surface area (Å²) in [5.74, 6) is 2.55. The monoisotopic (exact) mass is 455 g/mol. The van der Waals surface area contributed by atoms with Crippen molar-refractivity contribution in [3.05, 3.63) is 114 Å². The minimum Gasteiger partial charge on any atom is -0.384 e. The smallest absolute Gasteiger partial charge is 0.238 e. The highest BCUT2D eigenvalue weighted by Gasteiger charge is 2.33. The molecule has 3 atom stereocenters. The van der Waals surface area contributed by atoms with Gasteiger partial charge in [-0.3, -0.25) is 4.57 Å². The van der Waals surface area contributed by atoms with Crippen molar-refractivity contribution in [3.8, 4) is 17.3 Å². The van der Waals surface area contributed by atoms with Crippen LogP contribution in [0.25, 0.3) is 34.3 Å². The Morgan fingerprint density at radius 1 is 0.943 bits per heavy atom. The molecule has 0 amide bonds. The molecule has 5 heteroatoms. The van der Waals surface area contributed by atoms with E-state index >= 15 is 0 Å². The van der Waals surface area contributed by atoms with Gasteiger partial charge in [-0.05, 0) is 31.7 Å². The molecule has 5 nitrogen and oxygen atoms in total. The summed E-state index contributed by atoms with van der Waals surface area (Å²) in [5, 5.41) is 4.72. The fourth-order valence-electron chi connectivity index (χ4n) is 5.43. The van der Waals surface area contributed by atoms with Gasteiger partial charge >= 0.3 is 0 Å². The first-order chi connectivity index (χ1) is 17.3. The number of nitrogens with zero attached hydrogens (tertiary/aromatic N) is 4. The molecule has 1 N–H and O–H groups in total. The molecule has 0 saturated heterocycles. The number of hydrogen-bond acceptors (Lipinski definition) is 4. The fraction of sp³-hybridized carbons (Fsp3) is 0.167. The lowest BCUT2D eigenvalue weighted by Gasteiger charge is -2.24. The van der Waals surface area contributed by atoms with Crippen LogP contribution in [0.1, 0.15) is 40.9 Å². The van der Waals surface area contributed by atoms with Gasteiger partial charge in [0.05, 0.1) is 11.6 Å². The predicted octanol–water partition coefficient (Wildman–Crippen LogP) is 5.99. The highest BCUT2D eigenvalue weighted by atomic mass is 15.2. The zero-order valence-electron chi connectivity index (χ0n) is 19.5. The molecule has 3 heterocycles. The molecule has 2 aliphatic carbocycles. The Balaban J connectivity index is 1.52. The number of benzene rings is 2. The minimum atomic E-state index is 0.129. The number of rotatable bonds is 3. The Labute approximate surface area is 204 Å². The number of hydrogen-bond donors (Lipinski definition) is 1. The Kier molecular flexibility index (Phi) is 4.56. The Morgan fingerprint density at radius 3 is 2.71 bits per heavy atom. The van der Waals surface area contributed by atoms with Crippen molar-refractivity contribution in [2.45, 2.75) is 31.2 Å². The third kappa shape index (κ3) is 3.27. The van der Waals surface area contributed by atoms with Gasteiger partial charge in [0.15, 0.2) is 5.82 Å². The van der Waals surface area contributed by atoms with Gasteiger partial charge in [-0.15, -0.1) is 0 Å². The molecule has 0 radical (unpaired) electrons. The van der Waals surface area contributed by atoms with Crippen LogP contribution in [-0.2, 0) is 0 Å². The highest BCUT2D eigenvalue weighted by molar-refractivity contribution is 5.94. The van der Waals surface area contributed by atoms with Crippen molar-refractivity contribution >= 4 is 17.0 Å². The quantitative estimate of drug-likeness (QED) is 0.412. The second kappa shape index (κ2) is 7.91. The first kappa shape index (κ1) is 20.2. The van der Waals surface area contributed by atoms with Gasteiger partial charge in [-0.2, -0.15) is 9.97 Å². The lowest BCUT2D eigenvalue weighted by atomic mass is 9.89. The van der Waals surface area contributed by atoms with E-state index in [4.69, 9.17) is 15.0 Å². The highest BCUT2D eigenvalue weighted by Crippen LogP contribution is 2.41. The summed E-state index contributed by atoms with van der Waals surface area (Å²) in [4.78, 5) is 15.1. The molecule has 7 rings (SSSR count). The molecule has 35 heavy (non-hydrogen) atoms. The summed E-state index contributed by atoms with van der Waals surface area (Å²) in [5.41, 5.74) is 5.85. The largest absolute Gasteiger partial charge is 0.384 e. The second-order valence-electron chi connectivity index (χ2n) is 9.43. The normalized spacial score (nSPS) is 21.8. The van der Waals surface area contributed by atoms with Gasteiger partial charge < -0.3 is 5.32 Å². The van der Waals surface area contributed by atoms with Crippen LogP contribution in [0.3, 0.4) is 0 Å². The Morgan fingerprint density at radius 2 is 1.86 bits per heavy atom. The zero-order valence-corrected chi connectivity index (χ0v) is 19.5. The summed E-state index contributed by atoms with van der Waals surface area (Å²) in [6.45, 7) is 2.15. The van der Waals surface area contributed by atoms with E-state index in [0.717, 1.165) is 23.3 Å². The molecular formula is C30H25N5. The van der Waals surface area contributed by atoms with Crippen molar-refractivity contribution in [1.29, 1.82) is 0 Å². The molecule has 1 aliphatic heterocycles. The van der Waals surface area contributed by atoms with Crippen LogP contribution in [-0.4, -0.2) is 25.6 Å². The van der Waals surface area contributed by atoms with Crippen molar-refractivity contribution in [1.82, 2.24) is 24.8 Å². The van der Waals surface area contributed by atoms with Crippen LogP contribution in [0, 0.1) is 6.92 Å². The van der Waals surface area contributed by atoms with Crippen LogP contribution in [0.5, 0.6) is 0 Å². The molecule has 2 aromatic heterocycles. The summed E-state index contributed by atoms with van der Waals surface area (Å²) in [6.07, 6.45) is 18.3. The van der Waals surface area contributed by atoms with E-state index in [1.165, 1.54) is 22.2 Å². The molecule has 4 aromatic rings. The molecule has 3 unspecified atom stereocenters. The summed E-state index contributed by atoms with van der Waals surface area (Å²) < 4.78 is 2.27. The topological polar surface area (TPSA) is 55.6 Å². The predicted molar refractivity (Wildman–Crippen MR) is 140 cm³/mol. The van der Waals surface area contributed by atoms with E-state index < -0.39 is 0 Å². The Bertz CT molecular complexity index is 1570. The number of aromatic nitrogens is 4. The number of allylic oxidation sites excluding steroid dienone is 4. The molecule has 0 bridgehead atoms. The van der Waals surface area contributed by atoms with Gasteiger partial charge in [0.25, 0.3) is 0 Å². The van der Waals surface area contributed by atoms with Crippen LogP contribution in [0.2, 0.25) is 0 Å². The molecule has 170 valence electrons. The molecule has 3 aliphatic rings. The van der Waals surface area contributed by atoms with Crippen LogP contribution >= 0.6 is 0 Å². The summed E-state index contributed by atoms with van der Waals surface area (Å²) >= 11 is 0. The van der Waals surface area contributed by atoms with E-state index in [9.17, 15) is 0 Å².